The summed E-state index contributed by atoms with van der Waals surface area (Å²) in [4.78, 5) is 34.9. The minimum atomic E-state index is -0.235. The van der Waals surface area contributed by atoms with E-state index in [0.717, 1.165) is 43.7 Å². The smallest absolute Gasteiger partial charge is 0.287 e. The molecule has 0 atom stereocenters. The molecule has 4 heterocycles. The Hall–Kier alpha value is -5.19. The van der Waals surface area contributed by atoms with Gasteiger partial charge in [-0.3, -0.25) is 14.5 Å². The molecule has 0 bridgehead atoms. The van der Waals surface area contributed by atoms with Crippen LogP contribution in [0.2, 0.25) is 0 Å². The van der Waals surface area contributed by atoms with Crippen LogP contribution in [0.5, 0.6) is 0 Å². The number of piperidine rings is 2. The molecule has 0 aliphatic carbocycles. The second-order valence-corrected chi connectivity index (χ2v) is 11.5. The lowest BCUT2D eigenvalue weighted by molar-refractivity contribution is -0.120. The summed E-state index contributed by atoms with van der Waals surface area (Å²) in [6.45, 7) is 4.00. The van der Waals surface area contributed by atoms with Crippen LogP contribution in [0.4, 0.5) is 11.5 Å². The number of hydrogen-bond donors (Lipinski definition) is 2. The van der Waals surface area contributed by atoms with Crippen LogP contribution >= 0.6 is 0 Å². The average molecular weight is 588 g/mol. The summed E-state index contributed by atoms with van der Waals surface area (Å²) < 4.78 is 5.85. The lowest BCUT2D eigenvalue weighted by atomic mass is 9.95. The summed E-state index contributed by atoms with van der Waals surface area (Å²) in [5.74, 6) is 0.705. The number of benzene rings is 2. The molecule has 6 rings (SSSR count). The number of pyridine rings is 1. The van der Waals surface area contributed by atoms with E-state index in [1.54, 1.807) is 30.5 Å². The Labute approximate surface area is 255 Å². The van der Waals surface area contributed by atoms with Gasteiger partial charge in [0.25, 0.3) is 5.91 Å². The highest BCUT2D eigenvalue weighted by Gasteiger charge is 2.26. The first kappa shape index (κ1) is 28.9. The highest BCUT2D eigenvalue weighted by atomic mass is 16.3. The molecular formula is C34H33N7O3. The molecule has 0 spiro atoms. The second-order valence-electron chi connectivity index (χ2n) is 11.5. The van der Waals surface area contributed by atoms with E-state index in [9.17, 15) is 9.59 Å². The lowest BCUT2D eigenvalue weighted by Crippen LogP contribution is -2.44. The van der Waals surface area contributed by atoms with E-state index in [0.29, 0.717) is 48.3 Å². The summed E-state index contributed by atoms with van der Waals surface area (Å²) >= 11 is 0. The Balaban J connectivity index is 0.982. The molecule has 222 valence electrons. The standard InChI is InChI=1S/C34H33N7O3/c35-19-23-1-3-24(4-2-23)22-40-13-11-28(12-14-40)38-34(43)31-18-27-17-29(6-7-30(27)44-31)39-33(42)26-9-15-41(16-10-26)32-8-5-25(20-36)21-37-32/h1-8,17-18,21,26,28H,9-16,22H2,(H,38,43)(H,39,42). The number of likely N-dealkylation sites (tertiary alicyclic amines) is 1. The van der Waals surface area contributed by atoms with E-state index < -0.39 is 0 Å². The van der Waals surface area contributed by atoms with E-state index >= 15 is 0 Å². The second kappa shape index (κ2) is 13.0. The van der Waals surface area contributed by atoms with Crippen LogP contribution in [0.25, 0.3) is 11.0 Å². The Morgan fingerprint density at radius 2 is 1.61 bits per heavy atom. The zero-order chi connectivity index (χ0) is 30.5. The number of nitrogens with one attached hydrogen (secondary N) is 2. The molecule has 0 unspecified atom stereocenters. The fraction of sp³-hybridized carbons (Fsp3) is 0.324. The minimum absolute atomic E-state index is 0.0243. The van der Waals surface area contributed by atoms with Gasteiger partial charge >= 0.3 is 0 Å². The normalized spacial score (nSPS) is 16.3. The van der Waals surface area contributed by atoms with Crippen molar-refractivity contribution in [1.29, 1.82) is 10.5 Å². The molecule has 2 saturated heterocycles. The van der Waals surface area contributed by atoms with Gasteiger partial charge in [-0.15, -0.1) is 0 Å². The number of nitriles is 2. The van der Waals surface area contributed by atoms with Crippen molar-refractivity contribution in [3.05, 3.63) is 89.3 Å². The van der Waals surface area contributed by atoms with Crippen LogP contribution in [0, 0.1) is 28.6 Å². The summed E-state index contributed by atoms with van der Waals surface area (Å²) in [6.07, 6.45) is 4.68. The van der Waals surface area contributed by atoms with Gasteiger partial charge in [-0.25, -0.2) is 4.98 Å². The number of carbonyl (C=O) groups excluding carboxylic acids is 2. The Morgan fingerprint density at radius 1 is 0.886 bits per heavy atom. The molecule has 2 aromatic carbocycles. The van der Waals surface area contributed by atoms with Gasteiger partial charge in [0, 0.05) is 62.0 Å². The summed E-state index contributed by atoms with van der Waals surface area (Å²) in [6, 6.07) is 22.7. The average Bonchev–Trinajstić information content (AvgIpc) is 3.50. The monoisotopic (exact) mass is 587 g/mol. The molecule has 2 amide bonds. The zero-order valence-electron chi connectivity index (χ0n) is 24.3. The van der Waals surface area contributed by atoms with Gasteiger partial charge in [-0.1, -0.05) is 12.1 Å². The van der Waals surface area contributed by atoms with Crippen LogP contribution in [0.3, 0.4) is 0 Å². The van der Waals surface area contributed by atoms with E-state index in [1.807, 2.05) is 36.4 Å². The van der Waals surface area contributed by atoms with Gasteiger partial charge in [0.2, 0.25) is 5.91 Å². The molecule has 10 heteroatoms. The maximum atomic E-state index is 13.0. The first-order valence-corrected chi connectivity index (χ1v) is 15.0. The predicted molar refractivity (Wildman–Crippen MR) is 166 cm³/mol. The number of rotatable bonds is 7. The summed E-state index contributed by atoms with van der Waals surface area (Å²) in [5, 5.41) is 24.9. The van der Waals surface area contributed by atoms with Crippen molar-refractivity contribution < 1.29 is 14.0 Å². The molecule has 2 N–H and O–H groups in total. The number of amides is 2. The highest BCUT2D eigenvalue weighted by molar-refractivity contribution is 5.98. The molecule has 0 radical (unpaired) electrons. The van der Waals surface area contributed by atoms with E-state index in [2.05, 4.69) is 37.6 Å². The largest absolute Gasteiger partial charge is 0.451 e. The van der Waals surface area contributed by atoms with Crippen molar-refractivity contribution in [2.75, 3.05) is 36.4 Å². The molecule has 0 saturated carbocycles. The molecule has 10 nitrogen and oxygen atoms in total. The van der Waals surface area contributed by atoms with Crippen molar-refractivity contribution in [3.63, 3.8) is 0 Å². The zero-order valence-corrected chi connectivity index (χ0v) is 24.3. The number of furan rings is 1. The number of anilines is 2. The van der Waals surface area contributed by atoms with Crippen LogP contribution < -0.4 is 15.5 Å². The molecule has 2 fully saturated rings. The number of carbonyl (C=O) groups is 2. The molecule has 2 aromatic heterocycles. The minimum Gasteiger partial charge on any atom is -0.451 e. The number of aromatic nitrogens is 1. The van der Waals surface area contributed by atoms with Crippen LogP contribution in [-0.4, -0.2) is 53.9 Å². The van der Waals surface area contributed by atoms with E-state index in [1.165, 1.54) is 5.56 Å². The van der Waals surface area contributed by atoms with Crippen molar-refractivity contribution >= 4 is 34.3 Å². The number of nitrogens with zero attached hydrogens (tertiary/aromatic N) is 5. The highest BCUT2D eigenvalue weighted by Crippen LogP contribution is 2.26. The maximum absolute atomic E-state index is 13.0. The first-order valence-electron chi connectivity index (χ1n) is 15.0. The quantitative estimate of drug-likeness (QED) is 0.314. The Kier molecular flexibility index (Phi) is 8.53. The lowest BCUT2D eigenvalue weighted by Gasteiger charge is -2.32. The molecule has 44 heavy (non-hydrogen) atoms. The van der Waals surface area contributed by atoms with Gasteiger partial charge in [0.15, 0.2) is 5.76 Å². The van der Waals surface area contributed by atoms with Crippen LogP contribution in [0.15, 0.2) is 71.3 Å². The third-order valence-corrected chi connectivity index (χ3v) is 8.49. The van der Waals surface area contributed by atoms with Crippen molar-refractivity contribution in [2.45, 2.75) is 38.3 Å². The number of fused-ring (bicyclic) bond motifs is 1. The van der Waals surface area contributed by atoms with Crippen LogP contribution in [0.1, 0.15) is 52.9 Å². The topological polar surface area (TPSA) is 138 Å². The SMILES string of the molecule is N#Cc1ccc(CN2CCC(NC(=O)c3cc4cc(NC(=O)C5CCN(c6ccc(C#N)cn6)CC5)ccc4o3)CC2)cc1. The van der Waals surface area contributed by atoms with E-state index in [-0.39, 0.29) is 29.5 Å². The maximum Gasteiger partial charge on any atom is 0.287 e. The summed E-state index contributed by atoms with van der Waals surface area (Å²) in [7, 11) is 0. The Bertz CT molecular complexity index is 1720. The van der Waals surface area contributed by atoms with Gasteiger partial charge in [-0.2, -0.15) is 10.5 Å². The van der Waals surface area contributed by atoms with Gasteiger partial charge in [0.1, 0.15) is 17.5 Å². The molecule has 2 aliphatic rings. The molecule has 2 aliphatic heterocycles. The van der Waals surface area contributed by atoms with E-state index in [4.69, 9.17) is 14.9 Å². The van der Waals surface area contributed by atoms with Gasteiger partial charge < -0.3 is 20.0 Å². The predicted octanol–water partition coefficient (Wildman–Crippen LogP) is 4.82. The fourth-order valence-corrected chi connectivity index (χ4v) is 5.92. The summed E-state index contributed by atoms with van der Waals surface area (Å²) in [5.41, 5.74) is 3.62. The van der Waals surface area contributed by atoms with Gasteiger partial charge in [-0.05, 0) is 79.8 Å². The third kappa shape index (κ3) is 6.72. The molecule has 4 aromatic rings. The van der Waals surface area contributed by atoms with Crippen molar-refractivity contribution in [1.82, 2.24) is 15.2 Å². The van der Waals surface area contributed by atoms with Gasteiger partial charge in [0.05, 0.1) is 17.2 Å². The van der Waals surface area contributed by atoms with Crippen LogP contribution in [-0.2, 0) is 11.3 Å². The Morgan fingerprint density at radius 3 is 2.30 bits per heavy atom. The molecular weight excluding hydrogens is 554 g/mol. The first-order chi connectivity index (χ1) is 21.5. The van der Waals surface area contributed by atoms with Crippen molar-refractivity contribution in [3.8, 4) is 12.1 Å². The number of hydrogen-bond acceptors (Lipinski definition) is 8. The third-order valence-electron chi connectivity index (χ3n) is 8.49. The fourth-order valence-electron chi connectivity index (χ4n) is 5.92. The van der Waals surface area contributed by atoms with Crippen molar-refractivity contribution in [2.24, 2.45) is 5.92 Å².